The predicted molar refractivity (Wildman–Crippen MR) is 133 cm³/mol. The van der Waals surface area contributed by atoms with Crippen LogP contribution in [0.1, 0.15) is 18.4 Å². The molecule has 0 spiro atoms. The fourth-order valence-corrected chi connectivity index (χ4v) is 4.14. The molecule has 0 aliphatic carbocycles. The molecular formula is C25H34N4O4. The third-order valence-electron chi connectivity index (χ3n) is 5.93. The molecule has 1 aliphatic heterocycles. The summed E-state index contributed by atoms with van der Waals surface area (Å²) in [7, 11) is 3.34. The Morgan fingerprint density at radius 1 is 1.15 bits per heavy atom. The molecule has 2 heterocycles. The second kappa shape index (κ2) is 11.7. The second-order valence-electron chi connectivity index (χ2n) is 7.96. The molecule has 1 saturated heterocycles. The Kier molecular flexibility index (Phi) is 8.71. The van der Waals surface area contributed by atoms with Gasteiger partial charge in [0.2, 0.25) is 11.8 Å². The van der Waals surface area contributed by atoms with Crippen molar-refractivity contribution in [2.75, 3.05) is 51.9 Å². The lowest BCUT2D eigenvalue weighted by atomic mass is 10.1. The summed E-state index contributed by atoms with van der Waals surface area (Å²) in [5.41, 5.74) is 8.40. The van der Waals surface area contributed by atoms with Gasteiger partial charge in [0.1, 0.15) is 12.0 Å². The first-order valence-electron chi connectivity index (χ1n) is 11.2. The first-order chi connectivity index (χ1) is 15.7. The summed E-state index contributed by atoms with van der Waals surface area (Å²) in [4.78, 5) is 8.56. The minimum atomic E-state index is 0. The van der Waals surface area contributed by atoms with E-state index in [4.69, 9.17) is 19.6 Å². The van der Waals surface area contributed by atoms with Gasteiger partial charge in [-0.15, -0.1) is 0 Å². The van der Waals surface area contributed by atoms with Crippen molar-refractivity contribution in [2.45, 2.75) is 19.3 Å². The number of fused-ring (bicyclic) bond motifs is 1. The van der Waals surface area contributed by atoms with Gasteiger partial charge in [0.15, 0.2) is 0 Å². The molecule has 1 fully saturated rings. The molecule has 8 nitrogen and oxygen atoms in total. The number of nitrogens with two attached hydrogens (primary N) is 1. The van der Waals surface area contributed by atoms with E-state index >= 15 is 0 Å². The molecule has 2 aromatic carbocycles. The number of methoxy groups -OCH3 is 1. The minimum absolute atomic E-state index is 0. The molecule has 1 aliphatic rings. The number of ether oxygens (including phenoxy) is 2. The van der Waals surface area contributed by atoms with Crippen LogP contribution < -0.4 is 15.4 Å². The van der Waals surface area contributed by atoms with Crippen LogP contribution in [0.4, 0.5) is 11.6 Å². The number of guanidine groups is 1. The fourth-order valence-electron chi connectivity index (χ4n) is 4.14. The number of nitrogens with zero attached hydrogens (tertiary/aromatic N) is 3. The van der Waals surface area contributed by atoms with Crippen molar-refractivity contribution in [2.24, 2.45) is 10.7 Å². The van der Waals surface area contributed by atoms with Crippen LogP contribution in [-0.4, -0.2) is 63.3 Å². The molecule has 33 heavy (non-hydrogen) atoms. The Bertz CT molecular complexity index is 1060. The van der Waals surface area contributed by atoms with Crippen LogP contribution in [0.3, 0.4) is 0 Å². The molecule has 0 bridgehead atoms. The highest BCUT2D eigenvalue weighted by Crippen LogP contribution is 2.39. The van der Waals surface area contributed by atoms with Crippen molar-refractivity contribution >= 4 is 28.3 Å². The van der Waals surface area contributed by atoms with E-state index < -0.39 is 0 Å². The zero-order valence-electron chi connectivity index (χ0n) is 19.4. The molecular weight excluding hydrogens is 420 g/mol. The Labute approximate surface area is 194 Å². The van der Waals surface area contributed by atoms with Gasteiger partial charge in [0, 0.05) is 30.9 Å². The molecule has 8 heteroatoms. The molecule has 1 aromatic heterocycles. The molecule has 0 amide bonds. The zero-order chi connectivity index (χ0) is 22.3. The number of rotatable bonds is 8. The van der Waals surface area contributed by atoms with Gasteiger partial charge < -0.3 is 25.1 Å². The third-order valence-corrected chi connectivity index (χ3v) is 5.93. The largest absolute Gasteiger partial charge is 0.495 e. The van der Waals surface area contributed by atoms with Gasteiger partial charge in [-0.2, -0.15) is 0 Å². The summed E-state index contributed by atoms with van der Waals surface area (Å²) in [6.45, 7) is 4.88. The highest BCUT2D eigenvalue weighted by atomic mass is 16.5. The Morgan fingerprint density at radius 2 is 1.94 bits per heavy atom. The van der Waals surface area contributed by atoms with Gasteiger partial charge in [0.05, 0.1) is 26.0 Å². The van der Waals surface area contributed by atoms with Crippen LogP contribution in [0, 0.1) is 0 Å². The van der Waals surface area contributed by atoms with E-state index in [1.165, 1.54) is 5.56 Å². The van der Waals surface area contributed by atoms with Gasteiger partial charge in [-0.25, -0.2) is 4.90 Å². The molecule has 0 unspecified atom stereocenters. The summed E-state index contributed by atoms with van der Waals surface area (Å²) in [5.74, 6) is 1.69. The minimum Gasteiger partial charge on any atom is -0.495 e. The number of aliphatic imine (C=N–C) groups is 1. The van der Waals surface area contributed by atoms with Gasteiger partial charge in [-0.3, -0.25) is 9.89 Å². The molecule has 4 rings (SSSR count). The lowest BCUT2D eigenvalue weighted by Gasteiger charge is -2.26. The SMILES string of the molecule is CN=C(N)N(c1cc(CCCCN2CCOCC2)ccc1OC)c1occ2ccccc12.O. The lowest BCUT2D eigenvalue weighted by Crippen LogP contribution is -2.36. The first kappa shape index (κ1) is 24.6. The summed E-state index contributed by atoms with van der Waals surface area (Å²) in [5, 5.41) is 1.98. The van der Waals surface area contributed by atoms with Crippen molar-refractivity contribution in [1.29, 1.82) is 0 Å². The quantitative estimate of drug-likeness (QED) is 0.318. The van der Waals surface area contributed by atoms with E-state index in [2.05, 4.69) is 22.0 Å². The molecule has 0 atom stereocenters. The van der Waals surface area contributed by atoms with Crippen LogP contribution in [0.5, 0.6) is 5.75 Å². The highest BCUT2D eigenvalue weighted by molar-refractivity contribution is 6.08. The molecule has 178 valence electrons. The van der Waals surface area contributed by atoms with Gasteiger partial charge in [0.25, 0.3) is 0 Å². The summed E-state index contributed by atoms with van der Waals surface area (Å²) in [6.07, 6.45) is 5.00. The number of aryl methyl sites for hydroxylation is 1. The molecule has 4 N–H and O–H groups in total. The number of anilines is 2. The fraction of sp³-hybridized carbons (Fsp3) is 0.400. The van der Waals surface area contributed by atoms with Crippen molar-refractivity contribution in [3.05, 3.63) is 54.3 Å². The predicted octanol–water partition coefficient (Wildman–Crippen LogP) is 3.35. The van der Waals surface area contributed by atoms with Crippen LogP contribution >= 0.6 is 0 Å². The maximum atomic E-state index is 6.35. The first-order valence-corrected chi connectivity index (χ1v) is 11.2. The number of hydrogen-bond acceptors (Lipinski definition) is 5. The zero-order valence-corrected chi connectivity index (χ0v) is 19.4. The van der Waals surface area contributed by atoms with E-state index in [9.17, 15) is 0 Å². The molecule has 0 radical (unpaired) electrons. The smallest absolute Gasteiger partial charge is 0.214 e. The Morgan fingerprint density at radius 3 is 2.70 bits per heavy atom. The lowest BCUT2D eigenvalue weighted by molar-refractivity contribution is 0.0372. The van der Waals surface area contributed by atoms with Crippen LogP contribution in [0.15, 0.2) is 58.1 Å². The van der Waals surface area contributed by atoms with Gasteiger partial charge in [-0.05, 0) is 49.6 Å². The van der Waals surface area contributed by atoms with Crippen molar-refractivity contribution < 1.29 is 19.4 Å². The summed E-state index contributed by atoms with van der Waals surface area (Å²) >= 11 is 0. The van der Waals surface area contributed by atoms with Gasteiger partial charge in [-0.1, -0.05) is 24.3 Å². The van der Waals surface area contributed by atoms with Gasteiger partial charge >= 0.3 is 0 Å². The number of morpholine rings is 1. The summed E-state index contributed by atoms with van der Waals surface area (Å²) in [6, 6.07) is 14.3. The average Bonchev–Trinajstić information content (AvgIpc) is 3.26. The number of unbranched alkanes of at least 4 members (excludes halogenated alkanes) is 1. The van der Waals surface area contributed by atoms with Crippen molar-refractivity contribution in [3.63, 3.8) is 0 Å². The molecule has 3 aromatic rings. The van der Waals surface area contributed by atoms with E-state index in [1.54, 1.807) is 20.4 Å². The number of furan rings is 1. The van der Waals surface area contributed by atoms with E-state index in [1.807, 2.05) is 35.2 Å². The normalized spacial score (nSPS) is 14.8. The Balaban J connectivity index is 0.00000306. The monoisotopic (exact) mass is 454 g/mol. The Hall–Kier alpha value is -3.07. The van der Waals surface area contributed by atoms with E-state index in [0.29, 0.717) is 17.6 Å². The van der Waals surface area contributed by atoms with Crippen LogP contribution in [0.2, 0.25) is 0 Å². The van der Waals surface area contributed by atoms with E-state index in [0.717, 1.165) is 68.6 Å². The van der Waals surface area contributed by atoms with Crippen molar-refractivity contribution in [3.8, 4) is 5.75 Å². The number of hydrogen-bond donors (Lipinski definition) is 1. The maximum absolute atomic E-state index is 6.35. The number of benzene rings is 2. The third kappa shape index (κ3) is 5.65. The second-order valence-corrected chi connectivity index (χ2v) is 7.96. The average molecular weight is 455 g/mol. The standard InChI is InChI=1S/C25H32N4O3.H2O/c1-27-25(26)29(24-21-9-4-3-8-20(21)18-32-24)22-17-19(10-11-23(22)30-2)7-5-6-12-28-13-15-31-16-14-28;/h3-4,8-11,17-18H,5-7,12-16H2,1-2H3,(H2,26,27);1H2. The van der Waals surface area contributed by atoms with Crippen LogP contribution in [0.25, 0.3) is 10.8 Å². The maximum Gasteiger partial charge on any atom is 0.214 e. The summed E-state index contributed by atoms with van der Waals surface area (Å²) < 4.78 is 17.1. The van der Waals surface area contributed by atoms with E-state index in [-0.39, 0.29) is 5.48 Å². The molecule has 0 saturated carbocycles. The topological polar surface area (TPSA) is 108 Å². The van der Waals surface area contributed by atoms with Crippen molar-refractivity contribution in [1.82, 2.24) is 4.90 Å². The highest BCUT2D eigenvalue weighted by Gasteiger charge is 2.23. The van der Waals surface area contributed by atoms with Crippen LogP contribution in [-0.2, 0) is 11.2 Å².